The van der Waals surface area contributed by atoms with Gasteiger partial charge in [-0.1, -0.05) is 0 Å². The minimum Gasteiger partial charge on any atom is -0.385 e. The number of nitrogens with two attached hydrogens (primary N) is 1. The fourth-order valence-electron chi connectivity index (χ4n) is 1.88. The number of aromatic nitrogens is 2. The lowest BCUT2D eigenvalue weighted by Gasteiger charge is -2.16. The number of hydrogen-bond acceptors (Lipinski definition) is 4. The van der Waals surface area contributed by atoms with Crippen LogP contribution in [-0.2, 0) is 11.3 Å². The summed E-state index contributed by atoms with van der Waals surface area (Å²) in [5.74, 6) is 0.00704. The lowest BCUT2D eigenvalue weighted by atomic mass is 10.2. The van der Waals surface area contributed by atoms with Gasteiger partial charge in [-0.05, 0) is 26.3 Å². The molecule has 0 aliphatic carbocycles. The number of amides is 1. The number of carbonyl (C=O) groups excluding carboxylic acids is 1. The maximum absolute atomic E-state index is 12.3. The largest absolute Gasteiger partial charge is 0.385 e. The summed E-state index contributed by atoms with van der Waals surface area (Å²) >= 11 is 0. The van der Waals surface area contributed by atoms with Crippen LogP contribution in [0.1, 0.15) is 28.9 Å². The first-order valence-electron chi connectivity index (χ1n) is 6.58. The van der Waals surface area contributed by atoms with Crippen molar-refractivity contribution in [1.29, 1.82) is 0 Å². The maximum atomic E-state index is 12.3. The molecule has 2 N–H and O–H groups in total. The molecule has 1 heterocycles. The van der Waals surface area contributed by atoms with Gasteiger partial charge >= 0.3 is 0 Å². The molecule has 0 unspecified atom stereocenters. The number of carbonyl (C=O) groups is 1. The van der Waals surface area contributed by atoms with Crippen molar-refractivity contribution in [2.75, 3.05) is 33.9 Å². The van der Waals surface area contributed by atoms with E-state index < -0.39 is 0 Å². The van der Waals surface area contributed by atoms with E-state index in [0.29, 0.717) is 25.3 Å². The smallest absolute Gasteiger partial charge is 0.257 e. The second-order valence-corrected chi connectivity index (χ2v) is 4.58. The third-order valence-electron chi connectivity index (χ3n) is 3.10. The molecule has 1 rings (SSSR count). The van der Waals surface area contributed by atoms with E-state index in [1.165, 1.54) is 0 Å². The molecule has 0 radical (unpaired) electrons. The third-order valence-corrected chi connectivity index (χ3v) is 3.10. The van der Waals surface area contributed by atoms with Gasteiger partial charge in [0, 0.05) is 39.5 Å². The standard InChI is InChI=1S/C13H24N4O2/c1-11-12(10-15-17(11)8-4-6-14)13(18)16(2)7-5-9-19-3/h10H,4-9,14H2,1-3H3. The predicted molar refractivity (Wildman–Crippen MR) is 74.1 cm³/mol. The van der Waals surface area contributed by atoms with Crippen molar-refractivity contribution in [2.24, 2.45) is 5.73 Å². The summed E-state index contributed by atoms with van der Waals surface area (Å²) in [5, 5.41) is 4.24. The zero-order chi connectivity index (χ0) is 14.3. The Hall–Kier alpha value is -1.40. The van der Waals surface area contributed by atoms with Crippen LogP contribution in [0.4, 0.5) is 0 Å². The van der Waals surface area contributed by atoms with E-state index in [-0.39, 0.29) is 5.91 Å². The fourth-order valence-corrected chi connectivity index (χ4v) is 1.88. The zero-order valence-corrected chi connectivity index (χ0v) is 12.1. The molecule has 0 saturated carbocycles. The van der Waals surface area contributed by atoms with Gasteiger partial charge in [-0.15, -0.1) is 0 Å². The first kappa shape index (κ1) is 15.7. The Morgan fingerprint density at radius 2 is 2.26 bits per heavy atom. The topological polar surface area (TPSA) is 73.4 Å². The Morgan fingerprint density at radius 1 is 1.53 bits per heavy atom. The highest BCUT2D eigenvalue weighted by molar-refractivity contribution is 5.94. The van der Waals surface area contributed by atoms with Crippen LogP contribution >= 0.6 is 0 Å². The average Bonchev–Trinajstić information content (AvgIpc) is 2.77. The number of aryl methyl sites for hydroxylation is 1. The molecule has 108 valence electrons. The molecular formula is C13H24N4O2. The van der Waals surface area contributed by atoms with Gasteiger partial charge in [-0.3, -0.25) is 9.48 Å². The normalized spacial score (nSPS) is 10.7. The summed E-state index contributed by atoms with van der Waals surface area (Å²) in [5.41, 5.74) is 7.05. The van der Waals surface area contributed by atoms with Crippen molar-refractivity contribution in [2.45, 2.75) is 26.3 Å². The first-order chi connectivity index (χ1) is 9.11. The number of rotatable bonds is 8. The Kier molecular flexibility index (Phi) is 6.52. The molecule has 0 aliphatic rings. The van der Waals surface area contributed by atoms with E-state index in [4.69, 9.17) is 10.5 Å². The van der Waals surface area contributed by atoms with Crippen LogP contribution in [0.5, 0.6) is 0 Å². The SMILES string of the molecule is COCCCN(C)C(=O)c1cnn(CCCN)c1C. The van der Waals surface area contributed by atoms with Crippen molar-refractivity contribution in [1.82, 2.24) is 14.7 Å². The molecule has 1 aromatic heterocycles. The second-order valence-electron chi connectivity index (χ2n) is 4.58. The van der Waals surface area contributed by atoms with Crippen LogP contribution in [-0.4, -0.2) is 54.4 Å². The van der Waals surface area contributed by atoms with Gasteiger partial charge in [-0.2, -0.15) is 5.10 Å². The molecular weight excluding hydrogens is 244 g/mol. The highest BCUT2D eigenvalue weighted by Gasteiger charge is 2.17. The highest BCUT2D eigenvalue weighted by Crippen LogP contribution is 2.10. The molecule has 0 bridgehead atoms. The Morgan fingerprint density at radius 3 is 2.89 bits per heavy atom. The summed E-state index contributed by atoms with van der Waals surface area (Å²) in [6.07, 6.45) is 3.33. The summed E-state index contributed by atoms with van der Waals surface area (Å²) in [7, 11) is 3.46. The summed E-state index contributed by atoms with van der Waals surface area (Å²) in [4.78, 5) is 14.0. The molecule has 0 atom stereocenters. The third kappa shape index (κ3) is 4.33. The van der Waals surface area contributed by atoms with Gasteiger partial charge in [-0.25, -0.2) is 0 Å². The highest BCUT2D eigenvalue weighted by atomic mass is 16.5. The quantitative estimate of drug-likeness (QED) is 0.703. The van der Waals surface area contributed by atoms with Gasteiger partial charge in [0.05, 0.1) is 11.8 Å². The van der Waals surface area contributed by atoms with Crippen LogP contribution < -0.4 is 5.73 Å². The molecule has 6 nitrogen and oxygen atoms in total. The van der Waals surface area contributed by atoms with Crippen LogP contribution in [0.3, 0.4) is 0 Å². The summed E-state index contributed by atoms with van der Waals surface area (Å²) in [6.45, 7) is 4.63. The Bertz CT molecular complexity index is 403. The Balaban J connectivity index is 2.63. The minimum absolute atomic E-state index is 0.00704. The van der Waals surface area contributed by atoms with Gasteiger partial charge in [0.2, 0.25) is 0 Å². The molecule has 19 heavy (non-hydrogen) atoms. The molecule has 0 fully saturated rings. The molecule has 0 spiro atoms. The van der Waals surface area contributed by atoms with E-state index in [1.807, 2.05) is 11.6 Å². The van der Waals surface area contributed by atoms with Crippen molar-refractivity contribution in [3.05, 3.63) is 17.5 Å². The molecule has 0 saturated heterocycles. The van der Waals surface area contributed by atoms with Crippen LogP contribution in [0, 0.1) is 6.92 Å². The monoisotopic (exact) mass is 268 g/mol. The lowest BCUT2D eigenvalue weighted by Crippen LogP contribution is -2.28. The number of nitrogens with zero attached hydrogens (tertiary/aromatic N) is 3. The van der Waals surface area contributed by atoms with Crippen molar-refractivity contribution in [3.63, 3.8) is 0 Å². The number of hydrogen-bond donors (Lipinski definition) is 1. The maximum Gasteiger partial charge on any atom is 0.257 e. The number of methoxy groups -OCH3 is 1. The van der Waals surface area contributed by atoms with Gasteiger partial charge in [0.15, 0.2) is 0 Å². The van der Waals surface area contributed by atoms with E-state index in [9.17, 15) is 4.79 Å². The molecule has 1 amide bonds. The first-order valence-corrected chi connectivity index (χ1v) is 6.58. The van der Waals surface area contributed by atoms with E-state index in [0.717, 1.165) is 25.1 Å². The van der Waals surface area contributed by atoms with E-state index in [2.05, 4.69) is 5.10 Å². The minimum atomic E-state index is 0.00704. The van der Waals surface area contributed by atoms with Gasteiger partial charge < -0.3 is 15.4 Å². The lowest BCUT2D eigenvalue weighted by molar-refractivity contribution is 0.0778. The predicted octanol–water partition coefficient (Wildman–Crippen LogP) is 0.649. The van der Waals surface area contributed by atoms with Gasteiger partial charge in [0.1, 0.15) is 0 Å². The second kappa shape index (κ2) is 7.91. The molecule has 1 aromatic rings. The summed E-state index contributed by atoms with van der Waals surface area (Å²) < 4.78 is 6.82. The average molecular weight is 268 g/mol. The van der Waals surface area contributed by atoms with Crippen molar-refractivity contribution in [3.8, 4) is 0 Å². The van der Waals surface area contributed by atoms with E-state index >= 15 is 0 Å². The van der Waals surface area contributed by atoms with Crippen molar-refractivity contribution >= 4 is 5.91 Å². The number of ether oxygens (including phenoxy) is 1. The van der Waals surface area contributed by atoms with Crippen LogP contribution in [0.25, 0.3) is 0 Å². The van der Waals surface area contributed by atoms with Gasteiger partial charge in [0.25, 0.3) is 5.91 Å². The summed E-state index contributed by atoms with van der Waals surface area (Å²) in [6, 6.07) is 0. The van der Waals surface area contributed by atoms with Crippen LogP contribution in [0.2, 0.25) is 0 Å². The molecule has 0 aliphatic heterocycles. The fraction of sp³-hybridized carbons (Fsp3) is 0.692. The Labute approximate surface area is 114 Å². The molecule has 0 aromatic carbocycles. The van der Waals surface area contributed by atoms with E-state index in [1.54, 1.807) is 25.3 Å². The van der Waals surface area contributed by atoms with Crippen molar-refractivity contribution < 1.29 is 9.53 Å². The van der Waals surface area contributed by atoms with Crippen LogP contribution in [0.15, 0.2) is 6.20 Å². The zero-order valence-electron chi connectivity index (χ0n) is 12.1. The molecule has 6 heteroatoms.